The molecule has 1 heterocycles. The smallest absolute Gasteiger partial charge is 0.337 e. The molecular formula is C7H12O4. The van der Waals surface area contributed by atoms with Gasteiger partial charge in [0.1, 0.15) is 6.79 Å². The first-order valence-corrected chi connectivity index (χ1v) is 3.70. The molecule has 1 atom stereocenters. The van der Waals surface area contributed by atoms with Crippen molar-refractivity contribution in [1.82, 2.24) is 0 Å². The van der Waals surface area contributed by atoms with Gasteiger partial charge >= 0.3 is 5.97 Å². The molecule has 0 saturated carbocycles. The largest absolute Gasteiger partial charge is 0.464 e. The molecule has 4 heteroatoms. The standard InChI is InChI=1S/C7H12O4/c1-2-3-10-7(8)6-4-9-5-11-6/h6H,2-5H2,1H3. The van der Waals surface area contributed by atoms with E-state index in [9.17, 15) is 4.79 Å². The van der Waals surface area contributed by atoms with E-state index in [4.69, 9.17) is 14.2 Å². The van der Waals surface area contributed by atoms with Crippen molar-refractivity contribution in [2.45, 2.75) is 19.4 Å². The van der Waals surface area contributed by atoms with E-state index >= 15 is 0 Å². The van der Waals surface area contributed by atoms with Gasteiger partial charge in [0.2, 0.25) is 0 Å². The first-order valence-electron chi connectivity index (χ1n) is 3.70. The first kappa shape index (κ1) is 8.49. The van der Waals surface area contributed by atoms with Crippen LogP contribution < -0.4 is 0 Å². The highest BCUT2D eigenvalue weighted by molar-refractivity contribution is 5.75. The Bertz CT molecular complexity index is 128. The molecule has 0 N–H and O–H groups in total. The molecule has 1 aliphatic rings. The topological polar surface area (TPSA) is 44.8 Å². The van der Waals surface area contributed by atoms with Gasteiger partial charge in [-0.15, -0.1) is 0 Å². The zero-order chi connectivity index (χ0) is 8.10. The van der Waals surface area contributed by atoms with Crippen LogP contribution in [-0.4, -0.2) is 32.1 Å². The molecule has 0 aliphatic carbocycles. The van der Waals surface area contributed by atoms with Crippen LogP contribution in [0.4, 0.5) is 0 Å². The van der Waals surface area contributed by atoms with Crippen molar-refractivity contribution < 1.29 is 19.0 Å². The average molecular weight is 160 g/mol. The van der Waals surface area contributed by atoms with Crippen molar-refractivity contribution in [3.05, 3.63) is 0 Å². The van der Waals surface area contributed by atoms with Crippen LogP contribution in [0.1, 0.15) is 13.3 Å². The van der Waals surface area contributed by atoms with Crippen LogP contribution in [-0.2, 0) is 19.0 Å². The molecular weight excluding hydrogens is 148 g/mol. The lowest BCUT2D eigenvalue weighted by molar-refractivity contribution is -0.153. The second kappa shape index (κ2) is 4.31. The summed E-state index contributed by atoms with van der Waals surface area (Å²) in [7, 11) is 0. The molecule has 11 heavy (non-hydrogen) atoms. The van der Waals surface area contributed by atoms with Crippen molar-refractivity contribution in [3.63, 3.8) is 0 Å². The summed E-state index contributed by atoms with van der Waals surface area (Å²) in [6, 6.07) is 0. The quantitative estimate of drug-likeness (QED) is 0.557. The summed E-state index contributed by atoms with van der Waals surface area (Å²) in [5.41, 5.74) is 0. The molecule has 4 nitrogen and oxygen atoms in total. The highest BCUT2D eigenvalue weighted by Crippen LogP contribution is 2.04. The van der Waals surface area contributed by atoms with Crippen LogP contribution in [0.2, 0.25) is 0 Å². The van der Waals surface area contributed by atoms with Crippen molar-refractivity contribution in [2.75, 3.05) is 20.0 Å². The summed E-state index contributed by atoms with van der Waals surface area (Å²) in [5.74, 6) is -0.315. The molecule has 1 saturated heterocycles. The van der Waals surface area contributed by atoms with Crippen molar-refractivity contribution in [1.29, 1.82) is 0 Å². The lowest BCUT2D eigenvalue weighted by Gasteiger charge is -2.06. The molecule has 64 valence electrons. The van der Waals surface area contributed by atoms with E-state index in [1.165, 1.54) is 0 Å². The normalized spacial score (nSPS) is 23.5. The Morgan fingerprint density at radius 3 is 3.09 bits per heavy atom. The molecule has 0 aromatic heterocycles. The van der Waals surface area contributed by atoms with Crippen LogP contribution in [0.5, 0.6) is 0 Å². The van der Waals surface area contributed by atoms with Gasteiger partial charge in [0.15, 0.2) is 6.10 Å². The van der Waals surface area contributed by atoms with Gasteiger partial charge in [0.25, 0.3) is 0 Å². The predicted octanol–water partition coefficient (Wildman–Crippen LogP) is 0.312. The maximum Gasteiger partial charge on any atom is 0.337 e. The second-order valence-electron chi connectivity index (χ2n) is 2.31. The molecule has 0 bridgehead atoms. The molecule has 0 aromatic rings. The number of carbonyl (C=O) groups excluding carboxylic acids is 1. The number of esters is 1. The first-order chi connectivity index (χ1) is 5.34. The van der Waals surface area contributed by atoms with Gasteiger partial charge < -0.3 is 14.2 Å². The second-order valence-corrected chi connectivity index (χ2v) is 2.31. The van der Waals surface area contributed by atoms with Crippen LogP contribution >= 0.6 is 0 Å². The lowest BCUT2D eigenvalue weighted by atomic mass is 10.4. The Morgan fingerprint density at radius 1 is 1.73 bits per heavy atom. The van der Waals surface area contributed by atoms with Gasteiger partial charge in [-0.2, -0.15) is 0 Å². The highest BCUT2D eigenvalue weighted by atomic mass is 16.7. The molecule has 1 unspecified atom stereocenters. The maximum absolute atomic E-state index is 11.0. The summed E-state index contributed by atoms with van der Waals surface area (Å²) in [4.78, 5) is 11.0. The summed E-state index contributed by atoms with van der Waals surface area (Å²) in [6.45, 7) is 2.92. The van der Waals surface area contributed by atoms with Crippen molar-refractivity contribution in [3.8, 4) is 0 Å². The van der Waals surface area contributed by atoms with Crippen LogP contribution in [0.3, 0.4) is 0 Å². The maximum atomic E-state index is 11.0. The molecule has 0 spiro atoms. The third kappa shape index (κ3) is 2.48. The third-order valence-electron chi connectivity index (χ3n) is 1.33. The van der Waals surface area contributed by atoms with E-state index < -0.39 is 6.10 Å². The fourth-order valence-electron chi connectivity index (χ4n) is 0.765. The van der Waals surface area contributed by atoms with Crippen molar-refractivity contribution >= 4 is 5.97 Å². The van der Waals surface area contributed by atoms with Gasteiger partial charge in [0, 0.05) is 0 Å². The summed E-state index contributed by atoms with van der Waals surface area (Å²) in [6.07, 6.45) is 0.334. The Kier molecular flexibility index (Phi) is 3.32. The van der Waals surface area contributed by atoms with E-state index in [1.807, 2.05) is 6.92 Å². The van der Waals surface area contributed by atoms with Crippen LogP contribution in [0, 0.1) is 0 Å². The molecule has 1 aliphatic heterocycles. The minimum atomic E-state index is -0.499. The summed E-state index contributed by atoms with van der Waals surface area (Å²) < 4.78 is 14.6. The minimum Gasteiger partial charge on any atom is -0.464 e. The number of carbonyl (C=O) groups is 1. The molecule has 1 rings (SSSR count). The Labute approximate surface area is 65.4 Å². The fraction of sp³-hybridized carbons (Fsp3) is 0.857. The zero-order valence-electron chi connectivity index (χ0n) is 6.54. The molecule has 1 fully saturated rings. The van der Waals surface area contributed by atoms with Gasteiger partial charge in [-0.05, 0) is 6.42 Å². The van der Waals surface area contributed by atoms with E-state index in [0.29, 0.717) is 13.2 Å². The molecule has 0 aromatic carbocycles. The van der Waals surface area contributed by atoms with E-state index in [0.717, 1.165) is 6.42 Å². The monoisotopic (exact) mass is 160 g/mol. The SMILES string of the molecule is CCCOC(=O)C1COCO1. The predicted molar refractivity (Wildman–Crippen MR) is 36.9 cm³/mol. The third-order valence-corrected chi connectivity index (χ3v) is 1.33. The zero-order valence-corrected chi connectivity index (χ0v) is 6.54. The van der Waals surface area contributed by atoms with Crippen molar-refractivity contribution in [2.24, 2.45) is 0 Å². The molecule has 0 radical (unpaired) electrons. The molecule has 0 amide bonds. The number of rotatable bonds is 3. The Morgan fingerprint density at radius 2 is 2.55 bits per heavy atom. The summed E-state index contributed by atoms with van der Waals surface area (Å²) in [5, 5.41) is 0. The number of hydrogen-bond acceptors (Lipinski definition) is 4. The Hall–Kier alpha value is -0.610. The van der Waals surface area contributed by atoms with Crippen LogP contribution in [0.25, 0.3) is 0 Å². The van der Waals surface area contributed by atoms with Gasteiger partial charge in [-0.3, -0.25) is 0 Å². The van der Waals surface area contributed by atoms with E-state index in [-0.39, 0.29) is 12.8 Å². The Balaban J connectivity index is 2.17. The van der Waals surface area contributed by atoms with Crippen LogP contribution in [0.15, 0.2) is 0 Å². The number of hydrogen-bond donors (Lipinski definition) is 0. The van der Waals surface area contributed by atoms with Gasteiger partial charge in [-0.1, -0.05) is 6.92 Å². The average Bonchev–Trinajstić information content (AvgIpc) is 2.52. The van der Waals surface area contributed by atoms with E-state index in [1.54, 1.807) is 0 Å². The van der Waals surface area contributed by atoms with Gasteiger partial charge in [-0.25, -0.2) is 4.79 Å². The minimum absolute atomic E-state index is 0.200. The highest BCUT2D eigenvalue weighted by Gasteiger charge is 2.25. The fourth-order valence-corrected chi connectivity index (χ4v) is 0.765. The lowest BCUT2D eigenvalue weighted by Crippen LogP contribution is -2.25. The van der Waals surface area contributed by atoms with E-state index in [2.05, 4.69) is 0 Å². The number of ether oxygens (including phenoxy) is 3. The summed E-state index contributed by atoms with van der Waals surface area (Å²) >= 11 is 0. The van der Waals surface area contributed by atoms with Gasteiger partial charge in [0.05, 0.1) is 13.2 Å².